The van der Waals surface area contributed by atoms with Gasteiger partial charge in [-0.1, -0.05) is 24.6 Å². The molecule has 5 nitrogen and oxygen atoms in total. The third-order valence-electron chi connectivity index (χ3n) is 5.29. The summed E-state index contributed by atoms with van der Waals surface area (Å²) < 4.78 is 5.72. The molecule has 1 aromatic rings. The molecule has 1 aliphatic heterocycles. The molecule has 1 aliphatic carbocycles. The lowest BCUT2D eigenvalue weighted by atomic mass is 9.81. The molecule has 5 heteroatoms. The first kappa shape index (κ1) is 18.2. The van der Waals surface area contributed by atoms with Gasteiger partial charge in [-0.05, 0) is 62.6 Å². The predicted octanol–water partition coefficient (Wildman–Crippen LogP) is 2.99. The van der Waals surface area contributed by atoms with Crippen molar-refractivity contribution in [2.24, 2.45) is 22.6 Å². The Kier molecular flexibility index (Phi) is 7.12. The summed E-state index contributed by atoms with van der Waals surface area (Å²) in [5.41, 5.74) is 6.93. The molecular weight excluding hydrogens is 312 g/mol. The van der Waals surface area contributed by atoms with Crippen molar-refractivity contribution in [1.29, 1.82) is 0 Å². The summed E-state index contributed by atoms with van der Waals surface area (Å²) in [6.45, 7) is 3.37. The molecule has 0 aromatic heterocycles. The van der Waals surface area contributed by atoms with Crippen LogP contribution in [0, 0.1) is 11.8 Å². The highest BCUT2D eigenvalue weighted by atomic mass is 16.5. The Morgan fingerprint density at radius 1 is 1.12 bits per heavy atom. The normalized spacial score (nSPS) is 27.2. The zero-order valence-corrected chi connectivity index (χ0v) is 15.1. The molecule has 0 spiro atoms. The zero-order chi connectivity index (χ0) is 17.3. The minimum absolute atomic E-state index is 0.305. The summed E-state index contributed by atoms with van der Waals surface area (Å²) in [4.78, 5) is 4.87. The number of nitrogens with two attached hydrogens (primary N) is 1. The van der Waals surface area contributed by atoms with Crippen molar-refractivity contribution >= 4 is 11.6 Å². The highest BCUT2D eigenvalue weighted by molar-refractivity contribution is 5.93. The summed E-state index contributed by atoms with van der Waals surface area (Å²) in [5, 5.41) is 6.89. The largest absolute Gasteiger partial charge is 0.376 e. The predicted molar refractivity (Wildman–Crippen MR) is 104 cm³/mol. The summed E-state index contributed by atoms with van der Waals surface area (Å²) in [7, 11) is 0. The van der Waals surface area contributed by atoms with Gasteiger partial charge in [0.05, 0.1) is 6.10 Å². The van der Waals surface area contributed by atoms with E-state index >= 15 is 0 Å². The van der Waals surface area contributed by atoms with Crippen LogP contribution in [0.2, 0.25) is 0 Å². The van der Waals surface area contributed by atoms with Gasteiger partial charge in [0.25, 0.3) is 0 Å². The van der Waals surface area contributed by atoms with Gasteiger partial charge in [-0.3, -0.25) is 4.99 Å². The number of anilines is 1. The third kappa shape index (κ3) is 6.01. The number of guanidine groups is 1. The maximum atomic E-state index is 5.87. The lowest BCUT2D eigenvalue weighted by Gasteiger charge is -2.27. The average Bonchev–Trinajstić information content (AvgIpc) is 3.18. The molecule has 2 aliphatic rings. The first-order chi connectivity index (χ1) is 12.3. The smallest absolute Gasteiger partial charge is 0.195 e. The van der Waals surface area contributed by atoms with Crippen molar-refractivity contribution in [3.63, 3.8) is 0 Å². The second kappa shape index (κ2) is 9.78. The maximum Gasteiger partial charge on any atom is 0.195 e. The fourth-order valence-corrected chi connectivity index (χ4v) is 3.82. The van der Waals surface area contributed by atoms with Gasteiger partial charge in [-0.25, -0.2) is 0 Å². The molecule has 0 bridgehead atoms. The molecule has 138 valence electrons. The Morgan fingerprint density at radius 3 is 2.72 bits per heavy atom. The molecule has 1 saturated heterocycles. The van der Waals surface area contributed by atoms with E-state index in [0.717, 1.165) is 50.7 Å². The van der Waals surface area contributed by atoms with E-state index in [0.29, 0.717) is 17.9 Å². The van der Waals surface area contributed by atoms with Gasteiger partial charge >= 0.3 is 0 Å². The fraction of sp³-hybridized carbons (Fsp3) is 0.650. The Labute approximate surface area is 151 Å². The van der Waals surface area contributed by atoms with Gasteiger partial charge < -0.3 is 21.1 Å². The minimum Gasteiger partial charge on any atom is -0.376 e. The van der Waals surface area contributed by atoms with E-state index < -0.39 is 0 Å². The van der Waals surface area contributed by atoms with E-state index in [1.54, 1.807) is 0 Å². The van der Waals surface area contributed by atoms with Crippen molar-refractivity contribution in [3.05, 3.63) is 30.3 Å². The van der Waals surface area contributed by atoms with E-state index in [1.807, 2.05) is 18.2 Å². The number of para-hydroxylation sites is 1. The topological polar surface area (TPSA) is 71.7 Å². The van der Waals surface area contributed by atoms with E-state index in [-0.39, 0.29) is 0 Å². The number of nitrogens with zero attached hydrogens (tertiary/aromatic N) is 1. The van der Waals surface area contributed by atoms with Crippen LogP contribution < -0.4 is 16.4 Å². The number of benzene rings is 1. The van der Waals surface area contributed by atoms with Gasteiger partial charge in [-0.2, -0.15) is 0 Å². The standard InChI is InChI=1S/C20H32N4O/c21-13-16-6-4-7-17(12-16)14-22-20(23-15-19-10-5-11-25-19)24-18-8-2-1-3-9-18/h1-3,8-9,16-17,19H,4-7,10-15,21H2,(H2,22,23,24). The van der Waals surface area contributed by atoms with Crippen LogP contribution >= 0.6 is 0 Å². The monoisotopic (exact) mass is 344 g/mol. The number of aliphatic imine (C=N–C) groups is 1. The van der Waals surface area contributed by atoms with Crippen LogP contribution in [0.25, 0.3) is 0 Å². The van der Waals surface area contributed by atoms with Crippen LogP contribution in [-0.4, -0.2) is 38.3 Å². The molecule has 25 heavy (non-hydrogen) atoms. The Morgan fingerprint density at radius 2 is 1.96 bits per heavy atom. The van der Waals surface area contributed by atoms with Gasteiger partial charge in [0, 0.05) is 25.4 Å². The molecule has 4 N–H and O–H groups in total. The fourth-order valence-electron chi connectivity index (χ4n) is 3.82. The van der Waals surface area contributed by atoms with Gasteiger partial charge in [0.2, 0.25) is 0 Å². The maximum absolute atomic E-state index is 5.87. The molecule has 1 saturated carbocycles. The van der Waals surface area contributed by atoms with Crippen molar-refractivity contribution < 1.29 is 4.74 Å². The molecule has 2 fully saturated rings. The van der Waals surface area contributed by atoms with Crippen molar-refractivity contribution in [1.82, 2.24) is 5.32 Å². The van der Waals surface area contributed by atoms with Crippen molar-refractivity contribution in [2.45, 2.75) is 44.6 Å². The van der Waals surface area contributed by atoms with Crippen LogP contribution in [0.3, 0.4) is 0 Å². The molecule has 1 heterocycles. The molecule has 3 rings (SSSR count). The second-order valence-electron chi connectivity index (χ2n) is 7.33. The average molecular weight is 345 g/mol. The molecule has 0 radical (unpaired) electrons. The lowest BCUT2D eigenvalue weighted by molar-refractivity contribution is 0.114. The highest BCUT2D eigenvalue weighted by Crippen LogP contribution is 2.28. The summed E-state index contributed by atoms with van der Waals surface area (Å²) in [5.74, 6) is 2.19. The van der Waals surface area contributed by atoms with Crippen LogP contribution in [0.1, 0.15) is 38.5 Å². The van der Waals surface area contributed by atoms with Crippen LogP contribution in [0.4, 0.5) is 5.69 Å². The summed E-state index contributed by atoms with van der Waals surface area (Å²) in [6.07, 6.45) is 7.64. The highest BCUT2D eigenvalue weighted by Gasteiger charge is 2.21. The number of hydrogen-bond donors (Lipinski definition) is 3. The third-order valence-corrected chi connectivity index (χ3v) is 5.29. The summed E-state index contributed by atoms with van der Waals surface area (Å²) >= 11 is 0. The van der Waals surface area contributed by atoms with Gasteiger partial charge in [-0.15, -0.1) is 0 Å². The van der Waals surface area contributed by atoms with E-state index in [2.05, 4.69) is 22.8 Å². The van der Waals surface area contributed by atoms with Gasteiger partial charge in [0.15, 0.2) is 5.96 Å². The zero-order valence-electron chi connectivity index (χ0n) is 15.1. The second-order valence-corrected chi connectivity index (χ2v) is 7.33. The first-order valence-corrected chi connectivity index (χ1v) is 9.75. The van der Waals surface area contributed by atoms with Gasteiger partial charge in [0.1, 0.15) is 0 Å². The molecule has 3 atom stereocenters. The number of hydrogen-bond acceptors (Lipinski definition) is 3. The SMILES string of the molecule is NCC1CCCC(CN=C(NCC2CCCO2)Nc2ccccc2)C1. The minimum atomic E-state index is 0.305. The van der Waals surface area contributed by atoms with Crippen LogP contribution in [-0.2, 0) is 4.74 Å². The lowest BCUT2D eigenvalue weighted by Crippen LogP contribution is -2.37. The van der Waals surface area contributed by atoms with Crippen molar-refractivity contribution in [2.75, 3.05) is 31.6 Å². The van der Waals surface area contributed by atoms with E-state index in [9.17, 15) is 0 Å². The quantitative estimate of drug-likeness (QED) is 0.548. The molecule has 3 unspecified atom stereocenters. The molecular formula is C20H32N4O. The van der Waals surface area contributed by atoms with Crippen molar-refractivity contribution in [3.8, 4) is 0 Å². The van der Waals surface area contributed by atoms with Crippen LogP contribution in [0.15, 0.2) is 35.3 Å². The summed E-state index contributed by atoms with van der Waals surface area (Å²) in [6, 6.07) is 10.2. The number of rotatable bonds is 6. The number of nitrogens with one attached hydrogen (secondary N) is 2. The van der Waals surface area contributed by atoms with Crippen LogP contribution in [0.5, 0.6) is 0 Å². The molecule has 0 amide bonds. The van der Waals surface area contributed by atoms with E-state index in [1.165, 1.54) is 25.7 Å². The first-order valence-electron chi connectivity index (χ1n) is 9.75. The molecule has 1 aromatic carbocycles. The van der Waals surface area contributed by atoms with E-state index in [4.69, 9.17) is 15.5 Å². The Bertz CT molecular complexity index is 528. The Balaban J connectivity index is 1.57. The Hall–Kier alpha value is -1.59. The number of ether oxygens (including phenoxy) is 1.